The number of aromatic nitrogens is 2. The summed E-state index contributed by atoms with van der Waals surface area (Å²) in [6.45, 7) is 0. The number of nitrogens with two attached hydrogens (primary N) is 2. The third kappa shape index (κ3) is 4.28. The number of nitrogens with zero attached hydrogens (tertiary/aromatic N) is 3. The number of likely N-dealkylation sites (N-methyl/N-ethyl adjacent to an activating group) is 1. The number of amides is 1. The number of carbonyl (C=O) groups is 1. The number of anilines is 3. The molecular formula is C19H26N6O2. The average molecular weight is 370 g/mol. The van der Waals surface area contributed by atoms with Crippen molar-refractivity contribution in [3.63, 3.8) is 0 Å². The summed E-state index contributed by atoms with van der Waals surface area (Å²) in [4.78, 5) is 22.7. The van der Waals surface area contributed by atoms with Crippen LogP contribution < -0.4 is 26.4 Å². The summed E-state index contributed by atoms with van der Waals surface area (Å²) in [5.41, 5.74) is 12.8. The molecular weight excluding hydrogens is 344 g/mol. The molecule has 2 atom stereocenters. The number of carbonyl (C=O) groups excluding carboxylic acids is 1. The lowest BCUT2D eigenvalue weighted by Gasteiger charge is -2.36. The molecule has 0 bridgehead atoms. The second kappa shape index (κ2) is 8.22. The van der Waals surface area contributed by atoms with E-state index in [1.54, 1.807) is 37.7 Å². The van der Waals surface area contributed by atoms with Crippen molar-refractivity contribution in [2.45, 2.75) is 37.8 Å². The Balaban J connectivity index is 1.91. The number of methoxy groups -OCH3 is 1. The maximum atomic E-state index is 11.8. The van der Waals surface area contributed by atoms with Crippen LogP contribution in [-0.2, 0) is 0 Å². The molecule has 0 radical (unpaired) electrons. The van der Waals surface area contributed by atoms with Gasteiger partial charge in [-0.2, -0.15) is 0 Å². The van der Waals surface area contributed by atoms with Crippen molar-refractivity contribution >= 4 is 23.2 Å². The number of ether oxygens (including phenoxy) is 1. The number of primary amides is 1. The summed E-state index contributed by atoms with van der Waals surface area (Å²) >= 11 is 0. The van der Waals surface area contributed by atoms with Gasteiger partial charge >= 0.3 is 0 Å². The molecule has 8 heteroatoms. The van der Waals surface area contributed by atoms with Gasteiger partial charge in [0.1, 0.15) is 17.4 Å². The van der Waals surface area contributed by atoms with Gasteiger partial charge in [-0.05, 0) is 25.0 Å². The predicted octanol–water partition coefficient (Wildman–Crippen LogP) is 2.03. The van der Waals surface area contributed by atoms with Crippen molar-refractivity contribution in [2.24, 2.45) is 11.5 Å². The fourth-order valence-corrected chi connectivity index (χ4v) is 3.47. The highest BCUT2D eigenvalue weighted by Crippen LogP contribution is 2.28. The van der Waals surface area contributed by atoms with Gasteiger partial charge in [-0.25, -0.2) is 4.98 Å². The normalized spacial score (nSPS) is 19.4. The van der Waals surface area contributed by atoms with Crippen LogP contribution in [0.4, 0.5) is 17.3 Å². The quantitative estimate of drug-likeness (QED) is 0.712. The van der Waals surface area contributed by atoms with E-state index in [1.807, 2.05) is 7.05 Å². The van der Waals surface area contributed by atoms with Crippen molar-refractivity contribution < 1.29 is 9.53 Å². The number of hydrogen-bond acceptors (Lipinski definition) is 7. The van der Waals surface area contributed by atoms with Gasteiger partial charge in [-0.3, -0.25) is 9.78 Å². The zero-order chi connectivity index (χ0) is 19.4. The van der Waals surface area contributed by atoms with E-state index in [0.29, 0.717) is 22.8 Å². The number of pyridine rings is 2. The first-order chi connectivity index (χ1) is 13.0. The molecule has 2 unspecified atom stereocenters. The molecule has 1 amide bonds. The number of hydrogen-bond donors (Lipinski definition) is 3. The maximum absolute atomic E-state index is 11.8. The first kappa shape index (κ1) is 18.9. The van der Waals surface area contributed by atoms with Crippen LogP contribution in [0.5, 0.6) is 5.75 Å². The fraction of sp³-hybridized carbons (Fsp3) is 0.421. The summed E-state index contributed by atoms with van der Waals surface area (Å²) in [5.74, 6) is 1.17. The lowest BCUT2D eigenvalue weighted by molar-refractivity contribution is 0.100. The molecule has 0 aromatic carbocycles. The van der Waals surface area contributed by atoms with Crippen molar-refractivity contribution in [3.8, 4) is 5.75 Å². The van der Waals surface area contributed by atoms with Crippen LogP contribution in [0.15, 0.2) is 30.6 Å². The third-order valence-electron chi connectivity index (χ3n) is 5.00. The van der Waals surface area contributed by atoms with Gasteiger partial charge in [0, 0.05) is 25.2 Å². The first-order valence-electron chi connectivity index (χ1n) is 9.05. The second-order valence-electron chi connectivity index (χ2n) is 6.79. The van der Waals surface area contributed by atoms with E-state index in [9.17, 15) is 4.79 Å². The molecule has 2 aromatic rings. The Morgan fingerprint density at radius 3 is 2.78 bits per heavy atom. The molecule has 1 fully saturated rings. The van der Waals surface area contributed by atoms with E-state index in [1.165, 1.54) is 0 Å². The SMILES string of the molecule is COc1cncc(Nc2nc(N(C)C3CCCCC3N)ccc2C(N)=O)c1. The molecule has 1 saturated carbocycles. The maximum Gasteiger partial charge on any atom is 0.252 e. The van der Waals surface area contributed by atoms with Gasteiger partial charge in [0.2, 0.25) is 0 Å². The molecule has 1 aliphatic rings. The predicted molar refractivity (Wildman–Crippen MR) is 105 cm³/mol. The highest BCUT2D eigenvalue weighted by Gasteiger charge is 2.27. The average Bonchev–Trinajstić information content (AvgIpc) is 2.67. The van der Waals surface area contributed by atoms with E-state index in [2.05, 4.69) is 20.2 Å². The van der Waals surface area contributed by atoms with E-state index in [-0.39, 0.29) is 12.1 Å². The van der Waals surface area contributed by atoms with Crippen molar-refractivity contribution in [3.05, 3.63) is 36.2 Å². The third-order valence-corrected chi connectivity index (χ3v) is 5.00. The summed E-state index contributed by atoms with van der Waals surface area (Å²) in [6.07, 6.45) is 7.58. The van der Waals surface area contributed by atoms with E-state index in [0.717, 1.165) is 31.5 Å². The molecule has 2 aromatic heterocycles. The van der Waals surface area contributed by atoms with E-state index in [4.69, 9.17) is 16.2 Å². The minimum absolute atomic E-state index is 0.111. The molecule has 1 aliphatic carbocycles. The lowest BCUT2D eigenvalue weighted by Crippen LogP contribution is -2.48. The van der Waals surface area contributed by atoms with Crippen molar-refractivity contribution in [1.82, 2.24) is 9.97 Å². The fourth-order valence-electron chi connectivity index (χ4n) is 3.47. The molecule has 5 N–H and O–H groups in total. The molecule has 27 heavy (non-hydrogen) atoms. The summed E-state index contributed by atoms with van der Waals surface area (Å²) in [5, 5.41) is 3.13. The van der Waals surface area contributed by atoms with Crippen LogP contribution >= 0.6 is 0 Å². The van der Waals surface area contributed by atoms with Crippen molar-refractivity contribution in [2.75, 3.05) is 24.4 Å². The minimum Gasteiger partial charge on any atom is -0.495 e. The largest absolute Gasteiger partial charge is 0.495 e. The van der Waals surface area contributed by atoms with Gasteiger partial charge in [0.25, 0.3) is 5.91 Å². The Morgan fingerprint density at radius 2 is 2.07 bits per heavy atom. The lowest BCUT2D eigenvalue weighted by atomic mass is 9.90. The van der Waals surface area contributed by atoms with Gasteiger partial charge in [-0.1, -0.05) is 12.8 Å². The Kier molecular flexibility index (Phi) is 5.75. The molecule has 0 aliphatic heterocycles. The number of rotatable bonds is 6. The Morgan fingerprint density at radius 1 is 1.30 bits per heavy atom. The van der Waals surface area contributed by atoms with Crippen LogP contribution in [0, 0.1) is 0 Å². The Hall–Kier alpha value is -2.87. The van der Waals surface area contributed by atoms with Crippen LogP contribution in [0.2, 0.25) is 0 Å². The topological polar surface area (TPSA) is 119 Å². The summed E-state index contributed by atoms with van der Waals surface area (Å²) in [7, 11) is 3.55. The molecule has 8 nitrogen and oxygen atoms in total. The van der Waals surface area contributed by atoms with E-state index >= 15 is 0 Å². The molecule has 0 spiro atoms. The highest BCUT2D eigenvalue weighted by molar-refractivity contribution is 5.98. The van der Waals surface area contributed by atoms with Gasteiger partial charge in [-0.15, -0.1) is 0 Å². The monoisotopic (exact) mass is 370 g/mol. The first-order valence-corrected chi connectivity index (χ1v) is 9.05. The van der Waals surface area contributed by atoms with Gasteiger partial charge in [0.15, 0.2) is 0 Å². The Bertz CT molecular complexity index is 813. The van der Waals surface area contributed by atoms with Crippen LogP contribution in [-0.4, -0.2) is 42.1 Å². The summed E-state index contributed by atoms with van der Waals surface area (Å²) < 4.78 is 5.19. The molecule has 2 heterocycles. The zero-order valence-electron chi connectivity index (χ0n) is 15.7. The van der Waals surface area contributed by atoms with Gasteiger partial charge in [0.05, 0.1) is 30.8 Å². The van der Waals surface area contributed by atoms with Crippen molar-refractivity contribution in [1.29, 1.82) is 0 Å². The van der Waals surface area contributed by atoms with Gasteiger partial charge < -0.3 is 26.4 Å². The van der Waals surface area contributed by atoms with Crippen LogP contribution in [0.1, 0.15) is 36.0 Å². The standard InChI is InChI=1S/C19H26N6O2/c1-25(16-6-4-3-5-15(16)20)17-8-7-14(18(21)26)19(24-17)23-12-9-13(27-2)11-22-10-12/h7-11,15-16H,3-6,20H2,1-2H3,(H2,21,26)(H,23,24). The molecule has 144 valence electrons. The molecule has 0 saturated heterocycles. The van der Waals surface area contributed by atoms with Crippen LogP contribution in [0.3, 0.4) is 0 Å². The smallest absolute Gasteiger partial charge is 0.252 e. The minimum atomic E-state index is -0.551. The summed E-state index contributed by atoms with van der Waals surface area (Å²) in [6, 6.07) is 5.59. The van der Waals surface area contributed by atoms with Crippen LogP contribution in [0.25, 0.3) is 0 Å². The van der Waals surface area contributed by atoms with E-state index < -0.39 is 5.91 Å². The number of nitrogens with one attached hydrogen (secondary N) is 1. The second-order valence-corrected chi connectivity index (χ2v) is 6.79. The molecule has 3 rings (SSSR count). The highest BCUT2D eigenvalue weighted by atomic mass is 16.5. The Labute approximate surface area is 158 Å². The zero-order valence-corrected chi connectivity index (χ0v) is 15.7.